The topological polar surface area (TPSA) is 51.5 Å². The number of thioether (sulfide) groups is 1. The van der Waals surface area contributed by atoms with Crippen molar-refractivity contribution in [3.05, 3.63) is 47.7 Å². The maximum absolute atomic E-state index is 12.0. The third-order valence-electron chi connectivity index (χ3n) is 3.24. The third-order valence-corrected chi connectivity index (χ3v) is 3.87. The van der Waals surface area contributed by atoms with E-state index in [1.165, 1.54) is 11.8 Å². The molecule has 1 N–H and O–H groups in total. The number of nitrogens with one attached hydrogen (secondary N) is 1. The molecule has 0 saturated heterocycles. The summed E-state index contributed by atoms with van der Waals surface area (Å²) in [7, 11) is 1.65. The van der Waals surface area contributed by atoms with Crippen molar-refractivity contribution in [1.82, 2.24) is 5.32 Å². The number of carbonyl (C=O) groups excluding carboxylic acids is 1. The summed E-state index contributed by atoms with van der Waals surface area (Å²) in [4.78, 5) is 12.0. The van der Waals surface area contributed by atoms with Crippen LogP contribution in [-0.2, 0) is 0 Å². The molecule has 0 spiro atoms. The Hall–Kier alpha value is -1.88. The fourth-order valence-electron chi connectivity index (χ4n) is 2.07. The number of methoxy groups -OCH3 is 1. The van der Waals surface area contributed by atoms with Gasteiger partial charge in [-0.3, -0.25) is 4.79 Å². The molecular formula is C16H19NO3S. The zero-order valence-electron chi connectivity index (χ0n) is 12.4. The first kappa shape index (κ1) is 15.5. The van der Waals surface area contributed by atoms with Gasteiger partial charge in [0.05, 0.1) is 7.11 Å². The van der Waals surface area contributed by atoms with Crippen LogP contribution in [0.25, 0.3) is 0 Å². The minimum atomic E-state index is -0.197. The van der Waals surface area contributed by atoms with Crippen LogP contribution in [0.5, 0.6) is 5.75 Å². The lowest BCUT2D eigenvalue weighted by atomic mass is 10.00. The molecule has 5 heteroatoms. The van der Waals surface area contributed by atoms with Crippen LogP contribution in [0.15, 0.2) is 45.9 Å². The van der Waals surface area contributed by atoms with Crippen molar-refractivity contribution in [3.63, 3.8) is 0 Å². The average molecular weight is 305 g/mol. The summed E-state index contributed by atoms with van der Waals surface area (Å²) in [5.41, 5.74) is 1.07. The van der Waals surface area contributed by atoms with Crippen molar-refractivity contribution in [1.29, 1.82) is 0 Å². The maximum atomic E-state index is 12.0. The zero-order valence-corrected chi connectivity index (χ0v) is 13.2. The Kier molecular flexibility index (Phi) is 5.33. The van der Waals surface area contributed by atoms with E-state index in [9.17, 15) is 4.79 Å². The first-order valence-electron chi connectivity index (χ1n) is 6.70. The van der Waals surface area contributed by atoms with Crippen LogP contribution in [0, 0.1) is 0 Å². The second-order valence-electron chi connectivity index (χ2n) is 4.68. The van der Waals surface area contributed by atoms with Crippen molar-refractivity contribution >= 4 is 17.7 Å². The lowest BCUT2D eigenvalue weighted by Crippen LogP contribution is -2.27. The van der Waals surface area contributed by atoms with Crippen LogP contribution in [0.1, 0.15) is 29.0 Å². The summed E-state index contributed by atoms with van der Waals surface area (Å²) in [6.07, 6.45) is 1.91. The summed E-state index contributed by atoms with van der Waals surface area (Å²) in [6, 6.07) is 11.3. The molecule has 2 rings (SSSR count). The van der Waals surface area contributed by atoms with E-state index in [0.717, 1.165) is 16.4 Å². The van der Waals surface area contributed by atoms with Gasteiger partial charge in [0.2, 0.25) is 0 Å². The fraction of sp³-hybridized carbons (Fsp3) is 0.312. The Morgan fingerprint density at radius 1 is 1.33 bits per heavy atom. The number of benzene rings is 1. The molecule has 1 amide bonds. The van der Waals surface area contributed by atoms with Crippen molar-refractivity contribution in [2.24, 2.45) is 0 Å². The third kappa shape index (κ3) is 3.82. The second kappa shape index (κ2) is 7.22. The molecule has 112 valence electrons. The highest BCUT2D eigenvalue weighted by Crippen LogP contribution is 2.25. The number of furan rings is 1. The molecule has 0 radical (unpaired) electrons. The van der Waals surface area contributed by atoms with Gasteiger partial charge in [0.25, 0.3) is 5.91 Å². The zero-order chi connectivity index (χ0) is 15.2. The molecule has 0 aliphatic heterocycles. The normalized spacial score (nSPS) is 12.0. The van der Waals surface area contributed by atoms with E-state index in [4.69, 9.17) is 9.15 Å². The summed E-state index contributed by atoms with van der Waals surface area (Å²) >= 11 is 1.47. The van der Waals surface area contributed by atoms with Crippen molar-refractivity contribution < 1.29 is 13.9 Å². The highest BCUT2D eigenvalue weighted by atomic mass is 32.2. The first-order chi connectivity index (χ1) is 10.2. The van der Waals surface area contributed by atoms with Gasteiger partial charge >= 0.3 is 0 Å². The smallest absolute Gasteiger partial charge is 0.287 e. The van der Waals surface area contributed by atoms with E-state index in [1.807, 2.05) is 37.4 Å². The molecule has 0 fully saturated rings. The molecule has 0 bridgehead atoms. The highest BCUT2D eigenvalue weighted by molar-refractivity contribution is 7.98. The lowest BCUT2D eigenvalue weighted by Gasteiger charge is -2.15. The van der Waals surface area contributed by atoms with Gasteiger partial charge in [0, 0.05) is 12.5 Å². The van der Waals surface area contributed by atoms with E-state index >= 15 is 0 Å². The number of ether oxygens (including phenoxy) is 1. The number of hydrogen-bond donors (Lipinski definition) is 1. The molecule has 1 atom stereocenters. The van der Waals surface area contributed by atoms with Crippen LogP contribution in [0.3, 0.4) is 0 Å². The van der Waals surface area contributed by atoms with Gasteiger partial charge in [-0.05, 0) is 30.0 Å². The minimum absolute atomic E-state index is 0.153. The Labute approximate surface area is 128 Å². The average Bonchev–Trinajstić information content (AvgIpc) is 3.01. The number of hydrogen-bond acceptors (Lipinski definition) is 4. The Morgan fingerprint density at radius 2 is 2.10 bits per heavy atom. The van der Waals surface area contributed by atoms with Crippen molar-refractivity contribution in [3.8, 4) is 5.75 Å². The van der Waals surface area contributed by atoms with Crippen LogP contribution in [0.4, 0.5) is 0 Å². The van der Waals surface area contributed by atoms with Crippen molar-refractivity contribution in [2.75, 3.05) is 19.9 Å². The summed E-state index contributed by atoms with van der Waals surface area (Å²) in [5, 5.41) is 3.62. The van der Waals surface area contributed by atoms with Gasteiger partial charge in [-0.25, -0.2) is 0 Å². The van der Waals surface area contributed by atoms with E-state index in [2.05, 4.69) is 5.32 Å². The quantitative estimate of drug-likeness (QED) is 0.829. The minimum Gasteiger partial charge on any atom is -0.496 e. The van der Waals surface area contributed by atoms with Crippen LogP contribution < -0.4 is 10.1 Å². The number of para-hydroxylation sites is 1. The standard InChI is InChI=1S/C16H19NO3S/c1-11(12-6-4-5-7-13(12)19-2)10-17-16(18)14-8-9-15(20-14)21-3/h4-9,11H,10H2,1-3H3,(H,17,18)/t11-/m1/s1. The molecule has 1 aromatic carbocycles. The molecule has 2 aromatic rings. The van der Waals surface area contributed by atoms with Crippen LogP contribution in [0.2, 0.25) is 0 Å². The van der Waals surface area contributed by atoms with E-state index in [1.54, 1.807) is 19.2 Å². The summed E-state index contributed by atoms with van der Waals surface area (Å²) in [5.74, 6) is 1.13. The van der Waals surface area contributed by atoms with Gasteiger partial charge in [0.15, 0.2) is 10.9 Å². The number of rotatable bonds is 6. The molecule has 4 nitrogen and oxygen atoms in total. The second-order valence-corrected chi connectivity index (χ2v) is 5.49. The number of amides is 1. The largest absolute Gasteiger partial charge is 0.496 e. The monoisotopic (exact) mass is 305 g/mol. The van der Waals surface area contributed by atoms with E-state index < -0.39 is 0 Å². The predicted molar refractivity (Wildman–Crippen MR) is 84.2 cm³/mol. The van der Waals surface area contributed by atoms with Gasteiger partial charge in [-0.15, -0.1) is 0 Å². The van der Waals surface area contributed by atoms with Crippen LogP contribution in [-0.4, -0.2) is 25.8 Å². The fourth-order valence-corrected chi connectivity index (χ4v) is 2.45. The molecule has 1 aromatic heterocycles. The van der Waals surface area contributed by atoms with E-state index in [0.29, 0.717) is 12.3 Å². The van der Waals surface area contributed by atoms with Gasteiger partial charge in [0.1, 0.15) is 5.75 Å². The number of carbonyl (C=O) groups is 1. The molecule has 0 aliphatic rings. The van der Waals surface area contributed by atoms with Gasteiger partial charge < -0.3 is 14.5 Å². The Morgan fingerprint density at radius 3 is 2.76 bits per heavy atom. The summed E-state index contributed by atoms with van der Waals surface area (Å²) in [6.45, 7) is 2.57. The first-order valence-corrected chi connectivity index (χ1v) is 7.93. The SMILES string of the molecule is COc1ccccc1[C@H](C)CNC(=O)c1ccc(SC)o1. The maximum Gasteiger partial charge on any atom is 0.287 e. The van der Waals surface area contributed by atoms with Gasteiger partial charge in [-0.2, -0.15) is 0 Å². The molecule has 0 aliphatic carbocycles. The Bertz CT molecular complexity index is 609. The Balaban J connectivity index is 1.97. The highest BCUT2D eigenvalue weighted by Gasteiger charge is 2.15. The van der Waals surface area contributed by atoms with Crippen LogP contribution >= 0.6 is 11.8 Å². The molecular weight excluding hydrogens is 286 g/mol. The van der Waals surface area contributed by atoms with Gasteiger partial charge in [-0.1, -0.05) is 36.9 Å². The van der Waals surface area contributed by atoms with E-state index in [-0.39, 0.29) is 11.8 Å². The predicted octanol–water partition coefficient (Wildman–Crippen LogP) is 3.54. The lowest BCUT2D eigenvalue weighted by molar-refractivity contribution is 0.0919. The molecule has 0 unspecified atom stereocenters. The molecule has 0 saturated carbocycles. The summed E-state index contributed by atoms with van der Waals surface area (Å²) < 4.78 is 10.7. The molecule has 21 heavy (non-hydrogen) atoms. The van der Waals surface area contributed by atoms with Crippen molar-refractivity contribution in [2.45, 2.75) is 17.9 Å². The molecule has 1 heterocycles.